The third-order valence-electron chi connectivity index (χ3n) is 5.87. The molecular formula is C26H26FNO8. The topological polar surface area (TPSA) is 116 Å². The van der Waals surface area contributed by atoms with Crippen molar-refractivity contribution in [2.45, 2.75) is 25.7 Å². The fourth-order valence-electron chi connectivity index (χ4n) is 4.20. The molecule has 0 fully saturated rings. The molecule has 3 aromatic rings. The monoisotopic (exact) mass is 499 g/mol. The zero-order valence-electron chi connectivity index (χ0n) is 20.1. The fourth-order valence-corrected chi connectivity index (χ4v) is 4.20. The van der Waals surface area contributed by atoms with Gasteiger partial charge in [-0.05, 0) is 37.1 Å². The predicted octanol–water partition coefficient (Wildman–Crippen LogP) is 3.42. The Labute approximate surface area is 206 Å². The number of hydrogen-bond acceptors (Lipinski definition) is 8. The summed E-state index contributed by atoms with van der Waals surface area (Å²) in [5.41, 5.74) is 0.342. The Balaban J connectivity index is 1.69. The summed E-state index contributed by atoms with van der Waals surface area (Å²) in [6, 6.07) is 8.89. The molecule has 4 rings (SSSR count). The van der Waals surface area contributed by atoms with Gasteiger partial charge in [0.05, 0.1) is 19.8 Å². The standard InChI is InChI=1S/C26H26FNO8/c1-14-10-19(29)22(26(31)36-14)17(12-21(30)28-9-8-15-4-6-16(27)7-5-15)18-11-20(32-2)24-25(23(18)33-3)35-13-34-24/h4-7,10-11,17,29H,8-9,12-13H2,1-3H3,(H,28,30)/t17-/m1/s1. The highest BCUT2D eigenvalue weighted by atomic mass is 19.1. The molecule has 0 radical (unpaired) electrons. The van der Waals surface area contributed by atoms with E-state index < -0.39 is 11.5 Å². The van der Waals surface area contributed by atoms with Crippen LogP contribution in [0.3, 0.4) is 0 Å². The average Bonchev–Trinajstić information content (AvgIpc) is 3.33. The molecule has 0 aliphatic carbocycles. The number of nitrogens with one attached hydrogen (secondary N) is 1. The van der Waals surface area contributed by atoms with Gasteiger partial charge in [-0.15, -0.1) is 0 Å². The van der Waals surface area contributed by atoms with Crippen LogP contribution in [-0.4, -0.2) is 38.6 Å². The van der Waals surface area contributed by atoms with Gasteiger partial charge in [-0.1, -0.05) is 12.1 Å². The van der Waals surface area contributed by atoms with E-state index in [4.69, 9.17) is 23.4 Å². The third-order valence-corrected chi connectivity index (χ3v) is 5.87. The highest BCUT2D eigenvalue weighted by Crippen LogP contribution is 2.52. The second-order valence-corrected chi connectivity index (χ2v) is 8.19. The molecule has 36 heavy (non-hydrogen) atoms. The quantitative estimate of drug-likeness (QED) is 0.460. The van der Waals surface area contributed by atoms with E-state index in [-0.39, 0.29) is 60.1 Å². The van der Waals surface area contributed by atoms with Gasteiger partial charge in [0.25, 0.3) is 0 Å². The average molecular weight is 499 g/mol. The number of carbonyl (C=O) groups is 1. The van der Waals surface area contributed by atoms with E-state index in [1.165, 1.54) is 39.3 Å². The normalized spacial score (nSPS) is 12.8. The van der Waals surface area contributed by atoms with Gasteiger partial charge in [0.15, 0.2) is 11.5 Å². The fraction of sp³-hybridized carbons (Fsp3) is 0.308. The maximum Gasteiger partial charge on any atom is 0.343 e. The van der Waals surface area contributed by atoms with Gasteiger partial charge in [-0.3, -0.25) is 4.79 Å². The van der Waals surface area contributed by atoms with Crippen LogP contribution in [0.5, 0.6) is 28.7 Å². The molecule has 190 valence electrons. The maximum absolute atomic E-state index is 13.1. The lowest BCUT2D eigenvalue weighted by atomic mass is 9.87. The smallest absolute Gasteiger partial charge is 0.343 e. The van der Waals surface area contributed by atoms with Crippen LogP contribution in [-0.2, 0) is 11.2 Å². The van der Waals surface area contributed by atoms with Crippen LogP contribution in [0.2, 0.25) is 0 Å². The highest BCUT2D eigenvalue weighted by Gasteiger charge is 2.34. The van der Waals surface area contributed by atoms with Crippen LogP contribution in [0, 0.1) is 12.7 Å². The highest BCUT2D eigenvalue weighted by molar-refractivity contribution is 5.78. The lowest BCUT2D eigenvalue weighted by Crippen LogP contribution is -2.29. The van der Waals surface area contributed by atoms with Crippen molar-refractivity contribution in [2.24, 2.45) is 0 Å². The van der Waals surface area contributed by atoms with Crippen molar-refractivity contribution < 1.29 is 37.7 Å². The SMILES string of the molecule is COc1cc([C@@H](CC(=O)NCCc2ccc(F)cc2)c2c(O)cc(C)oc2=O)c(OC)c2c1OCO2. The summed E-state index contributed by atoms with van der Waals surface area (Å²) in [7, 11) is 2.87. The van der Waals surface area contributed by atoms with Crippen molar-refractivity contribution in [3.8, 4) is 28.7 Å². The molecule has 2 N–H and O–H groups in total. The number of amides is 1. The van der Waals surface area contributed by atoms with Crippen molar-refractivity contribution in [1.82, 2.24) is 5.32 Å². The molecule has 0 saturated heterocycles. The lowest BCUT2D eigenvalue weighted by Gasteiger charge is -2.22. The van der Waals surface area contributed by atoms with E-state index >= 15 is 0 Å². The molecule has 0 saturated carbocycles. The molecule has 9 nitrogen and oxygen atoms in total. The molecule has 1 atom stereocenters. The molecule has 1 aromatic heterocycles. The number of aryl methyl sites for hydroxylation is 1. The van der Waals surface area contributed by atoms with Gasteiger partial charge >= 0.3 is 5.63 Å². The van der Waals surface area contributed by atoms with Crippen LogP contribution >= 0.6 is 0 Å². The Morgan fingerprint density at radius 2 is 1.86 bits per heavy atom. The summed E-state index contributed by atoms with van der Waals surface area (Å²) < 4.78 is 40.5. The summed E-state index contributed by atoms with van der Waals surface area (Å²) >= 11 is 0. The summed E-state index contributed by atoms with van der Waals surface area (Å²) in [6.45, 7) is 1.76. The number of ether oxygens (including phenoxy) is 4. The summed E-state index contributed by atoms with van der Waals surface area (Å²) in [5.74, 6) is -0.625. The molecule has 0 unspecified atom stereocenters. The zero-order chi connectivity index (χ0) is 25.8. The Kier molecular flexibility index (Phi) is 7.33. The van der Waals surface area contributed by atoms with Crippen molar-refractivity contribution in [3.05, 3.63) is 75.1 Å². The summed E-state index contributed by atoms with van der Waals surface area (Å²) in [5, 5.41) is 13.5. The molecule has 1 aliphatic heterocycles. The summed E-state index contributed by atoms with van der Waals surface area (Å²) in [6.07, 6.45) is 0.264. The Morgan fingerprint density at radius 1 is 1.14 bits per heavy atom. The van der Waals surface area contributed by atoms with Crippen molar-refractivity contribution in [1.29, 1.82) is 0 Å². The second-order valence-electron chi connectivity index (χ2n) is 8.19. The number of methoxy groups -OCH3 is 2. The van der Waals surface area contributed by atoms with Gasteiger partial charge in [0.2, 0.25) is 24.2 Å². The molecule has 2 heterocycles. The van der Waals surface area contributed by atoms with Gasteiger partial charge in [0.1, 0.15) is 17.3 Å². The minimum atomic E-state index is -0.967. The first-order valence-corrected chi connectivity index (χ1v) is 11.2. The number of hydrogen-bond donors (Lipinski definition) is 2. The number of carbonyl (C=O) groups excluding carboxylic acids is 1. The van der Waals surface area contributed by atoms with E-state index in [2.05, 4.69) is 5.32 Å². The Hall–Kier alpha value is -4.21. The Morgan fingerprint density at radius 3 is 2.53 bits per heavy atom. The van der Waals surface area contributed by atoms with Crippen LogP contribution < -0.4 is 29.9 Å². The Bertz CT molecular complexity index is 1320. The van der Waals surface area contributed by atoms with Gasteiger partial charge in [-0.2, -0.15) is 0 Å². The van der Waals surface area contributed by atoms with E-state index in [9.17, 15) is 19.1 Å². The minimum absolute atomic E-state index is 0.0576. The molecule has 10 heteroatoms. The zero-order valence-corrected chi connectivity index (χ0v) is 20.1. The molecule has 2 aromatic carbocycles. The first kappa shape index (κ1) is 24.9. The van der Waals surface area contributed by atoms with Gasteiger partial charge in [0, 0.05) is 30.5 Å². The van der Waals surface area contributed by atoms with Crippen molar-refractivity contribution in [2.75, 3.05) is 27.6 Å². The van der Waals surface area contributed by atoms with E-state index in [1.54, 1.807) is 18.2 Å². The predicted molar refractivity (Wildman–Crippen MR) is 127 cm³/mol. The van der Waals surface area contributed by atoms with Crippen LogP contribution in [0.15, 0.2) is 45.6 Å². The first-order chi connectivity index (χ1) is 17.3. The van der Waals surface area contributed by atoms with Crippen LogP contribution in [0.25, 0.3) is 0 Å². The largest absolute Gasteiger partial charge is 0.507 e. The lowest BCUT2D eigenvalue weighted by molar-refractivity contribution is -0.121. The number of fused-ring (bicyclic) bond motifs is 1. The number of aromatic hydroxyl groups is 1. The van der Waals surface area contributed by atoms with Gasteiger partial charge in [-0.25, -0.2) is 9.18 Å². The van der Waals surface area contributed by atoms with E-state index in [1.807, 2.05) is 0 Å². The molecular weight excluding hydrogens is 473 g/mol. The minimum Gasteiger partial charge on any atom is -0.507 e. The number of rotatable bonds is 9. The summed E-state index contributed by atoms with van der Waals surface area (Å²) in [4.78, 5) is 25.9. The number of benzene rings is 2. The van der Waals surface area contributed by atoms with E-state index in [0.717, 1.165) is 5.56 Å². The maximum atomic E-state index is 13.1. The van der Waals surface area contributed by atoms with Crippen LogP contribution in [0.1, 0.15) is 34.8 Å². The van der Waals surface area contributed by atoms with E-state index in [0.29, 0.717) is 23.5 Å². The first-order valence-electron chi connectivity index (χ1n) is 11.2. The molecule has 1 aliphatic rings. The number of halogens is 1. The third kappa shape index (κ3) is 5.07. The second kappa shape index (κ2) is 10.6. The van der Waals surface area contributed by atoms with Crippen molar-refractivity contribution in [3.63, 3.8) is 0 Å². The van der Waals surface area contributed by atoms with Gasteiger partial charge < -0.3 is 33.8 Å². The molecule has 0 spiro atoms. The van der Waals surface area contributed by atoms with Crippen LogP contribution in [0.4, 0.5) is 4.39 Å². The molecule has 0 bridgehead atoms. The van der Waals surface area contributed by atoms with Crippen molar-refractivity contribution >= 4 is 5.91 Å². The molecule has 1 amide bonds.